The van der Waals surface area contributed by atoms with Crippen LogP contribution >= 0.6 is 24.0 Å². The molecule has 7 nitrogen and oxygen atoms in total. The Kier molecular flexibility index (Phi) is 10.3. The molecule has 1 aromatic rings. The molecule has 136 valence electrons. The number of nitrogens with zero attached hydrogens (tertiary/aromatic N) is 2. The molecule has 0 aliphatic heterocycles. The lowest BCUT2D eigenvalue weighted by Crippen LogP contribution is -2.48. The third-order valence-electron chi connectivity index (χ3n) is 2.66. The Labute approximate surface area is 161 Å². The van der Waals surface area contributed by atoms with Crippen molar-refractivity contribution >= 4 is 35.8 Å². The van der Waals surface area contributed by atoms with Crippen LogP contribution in [0.4, 0.5) is 0 Å². The van der Waals surface area contributed by atoms with Gasteiger partial charge >= 0.3 is 0 Å². The van der Waals surface area contributed by atoms with Crippen molar-refractivity contribution in [2.45, 2.75) is 39.8 Å². The van der Waals surface area contributed by atoms with E-state index in [0.29, 0.717) is 24.9 Å². The Hall–Kier alpha value is -1.58. The van der Waals surface area contributed by atoms with Crippen molar-refractivity contribution in [1.82, 2.24) is 20.9 Å². The number of aromatic nitrogens is 1. The molecule has 3 N–H and O–H groups in total. The largest absolute Gasteiger partial charge is 0.481 e. The van der Waals surface area contributed by atoms with Crippen molar-refractivity contribution in [1.29, 1.82) is 0 Å². The summed E-state index contributed by atoms with van der Waals surface area (Å²) >= 11 is 0. The average Bonchev–Trinajstić information content (AvgIpc) is 2.48. The molecule has 1 aromatic heterocycles. The van der Waals surface area contributed by atoms with Gasteiger partial charge in [0.1, 0.15) is 0 Å². The van der Waals surface area contributed by atoms with Gasteiger partial charge in [-0.15, -0.1) is 24.0 Å². The van der Waals surface area contributed by atoms with Gasteiger partial charge in [-0.25, -0.2) is 9.98 Å². The molecular formula is C16H28IN5O2. The van der Waals surface area contributed by atoms with Crippen molar-refractivity contribution in [3.63, 3.8) is 0 Å². The lowest BCUT2D eigenvalue weighted by atomic mass is 10.1. The van der Waals surface area contributed by atoms with Gasteiger partial charge in [0, 0.05) is 18.2 Å². The summed E-state index contributed by atoms with van der Waals surface area (Å²) in [5, 5.41) is 9.00. The normalized spacial score (nSPS) is 11.3. The Morgan fingerprint density at radius 1 is 1.29 bits per heavy atom. The molecular weight excluding hydrogens is 421 g/mol. The predicted octanol–water partition coefficient (Wildman–Crippen LogP) is 1.68. The molecule has 1 heterocycles. The van der Waals surface area contributed by atoms with E-state index >= 15 is 0 Å². The van der Waals surface area contributed by atoms with E-state index in [9.17, 15) is 4.79 Å². The second kappa shape index (κ2) is 11.1. The van der Waals surface area contributed by atoms with Crippen molar-refractivity contribution in [3.8, 4) is 5.88 Å². The van der Waals surface area contributed by atoms with Gasteiger partial charge < -0.3 is 20.7 Å². The van der Waals surface area contributed by atoms with Gasteiger partial charge in [-0.3, -0.25) is 4.79 Å². The monoisotopic (exact) mass is 449 g/mol. The summed E-state index contributed by atoms with van der Waals surface area (Å²) in [5.41, 5.74) is 0.541. The first kappa shape index (κ1) is 22.4. The van der Waals surface area contributed by atoms with E-state index in [1.54, 1.807) is 13.2 Å². The van der Waals surface area contributed by atoms with Crippen molar-refractivity contribution in [3.05, 3.63) is 23.9 Å². The fourth-order valence-corrected chi connectivity index (χ4v) is 1.79. The van der Waals surface area contributed by atoms with Crippen LogP contribution in [-0.4, -0.2) is 42.6 Å². The molecule has 0 bridgehead atoms. The van der Waals surface area contributed by atoms with Gasteiger partial charge in [-0.1, -0.05) is 6.07 Å². The second-order valence-corrected chi connectivity index (χ2v) is 6.02. The number of rotatable bonds is 6. The number of pyridine rings is 1. The molecule has 0 radical (unpaired) electrons. The van der Waals surface area contributed by atoms with Gasteiger partial charge in [0.05, 0.1) is 25.9 Å². The zero-order chi connectivity index (χ0) is 17.3. The van der Waals surface area contributed by atoms with E-state index in [1.807, 2.05) is 39.8 Å². The molecule has 0 atom stereocenters. The molecule has 0 aliphatic rings. The molecule has 0 spiro atoms. The van der Waals surface area contributed by atoms with Gasteiger partial charge in [-0.2, -0.15) is 0 Å². The number of methoxy groups -OCH3 is 1. The first-order valence-electron chi connectivity index (χ1n) is 7.67. The molecule has 0 saturated heterocycles. The molecule has 0 saturated carbocycles. The van der Waals surface area contributed by atoms with Gasteiger partial charge in [0.25, 0.3) is 0 Å². The standard InChI is InChI=1S/C16H27N5O2.HI/c1-6-17-15(19-11-13(22)21-16(2,3)4)18-10-12-8-7-9-14(20-12)23-5;/h7-9H,6,10-11H2,1-5H3,(H,21,22)(H2,17,18,19);1H. The Balaban J connectivity index is 0.00000529. The van der Waals surface area contributed by atoms with Gasteiger partial charge in [0.15, 0.2) is 5.96 Å². The van der Waals surface area contributed by atoms with E-state index < -0.39 is 0 Å². The number of guanidine groups is 1. The third-order valence-corrected chi connectivity index (χ3v) is 2.66. The summed E-state index contributed by atoms with van der Waals surface area (Å²) in [4.78, 5) is 20.6. The van der Waals surface area contributed by atoms with Crippen LogP contribution in [-0.2, 0) is 11.3 Å². The quantitative estimate of drug-likeness (QED) is 0.350. The minimum atomic E-state index is -0.251. The smallest absolute Gasteiger partial charge is 0.239 e. The molecule has 1 rings (SSSR count). The zero-order valence-electron chi connectivity index (χ0n) is 15.0. The van der Waals surface area contributed by atoms with E-state index in [4.69, 9.17) is 4.74 Å². The fourth-order valence-electron chi connectivity index (χ4n) is 1.79. The molecule has 1 amide bonds. The van der Waals surface area contributed by atoms with Crippen LogP contribution < -0.4 is 20.7 Å². The number of halogens is 1. The van der Waals surface area contributed by atoms with E-state index in [2.05, 4.69) is 25.9 Å². The van der Waals surface area contributed by atoms with Gasteiger partial charge in [-0.05, 0) is 33.8 Å². The van der Waals surface area contributed by atoms with Crippen LogP contribution in [0.25, 0.3) is 0 Å². The minimum Gasteiger partial charge on any atom is -0.481 e. The molecule has 0 unspecified atom stereocenters. The summed E-state index contributed by atoms with van der Waals surface area (Å²) in [7, 11) is 1.58. The number of hydrogen-bond acceptors (Lipinski definition) is 4. The summed E-state index contributed by atoms with van der Waals surface area (Å²) < 4.78 is 5.09. The van der Waals surface area contributed by atoms with Crippen LogP contribution in [0, 0.1) is 0 Å². The first-order chi connectivity index (χ1) is 10.8. The lowest BCUT2D eigenvalue weighted by molar-refractivity contribution is -0.121. The highest BCUT2D eigenvalue weighted by Gasteiger charge is 2.13. The summed E-state index contributed by atoms with van der Waals surface area (Å²) in [6, 6.07) is 5.53. The topological polar surface area (TPSA) is 87.6 Å². The Morgan fingerprint density at radius 2 is 2.00 bits per heavy atom. The maximum Gasteiger partial charge on any atom is 0.239 e. The van der Waals surface area contributed by atoms with E-state index in [0.717, 1.165) is 5.69 Å². The second-order valence-electron chi connectivity index (χ2n) is 6.02. The van der Waals surface area contributed by atoms with Crippen LogP contribution in [0.1, 0.15) is 33.4 Å². The first-order valence-corrected chi connectivity index (χ1v) is 7.67. The molecule has 0 fully saturated rings. The van der Waals surface area contributed by atoms with Crippen molar-refractivity contribution < 1.29 is 9.53 Å². The highest BCUT2D eigenvalue weighted by Crippen LogP contribution is 2.07. The van der Waals surface area contributed by atoms with Crippen LogP contribution in [0.5, 0.6) is 5.88 Å². The summed E-state index contributed by atoms with van der Waals surface area (Å²) in [5.74, 6) is 1.05. The van der Waals surface area contributed by atoms with Crippen molar-refractivity contribution in [2.24, 2.45) is 4.99 Å². The third kappa shape index (κ3) is 9.53. The number of aliphatic imine (C=N–C) groups is 1. The fraction of sp³-hybridized carbons (Fsp3) is 0.562. The van der Waals surface area contributed by atoms with Crippen LogP contribution in [0.2, 0.25) is 0 Å². The summed E-state index contributed by atoms with van der Waals surface area (Å²) in [6.07, 6.45) is 0. The lowest BCUT2D eigenvalue weighted by Gasteiger charge is -2.21. The number of hydrogen-bond donors (Lipinski definition) is 3. The predicted molar refractivity (Wildman–Crippen MR) is 107 cm³/mol. The molecule has 8 heteroatoms. The molecule has 0 aromatic carbocycles. The van der Waals surface area contributed by atoms with E-state index in [-0.39, 0.29) is 42.0 Å². The minimum absolute atomic E-state index is 0. The number of nitrogens with one attached hydrogen (secondary N) is 3. The number of carbonyl (C=O) groups excluding carboxylic acids is 1. The maximum absolute atomic E-state index is 11.8. The Bertz CT molecular complexity index is 544. The number of carbonyl (C=O) groups is 1. The summed E-state index contributed by atoms with van der Waals surface area (Å²) in [6.45, 7) is 9.06. The number of ether oxygens (including phenoxy) is 1. The maximum atomic E-state index is 11.8. The van der Waals surface area contributed by atoms with Crippen LogP contribution in [0.15, 0.2) is 23.2 Å². The Morgan fingerprint density at radius 3 is 2.58 bits per heavy atom. The van der Waals surface area contributed by atoms with E-state index in [1.165, 1.54) is 0 Å². The SMILES string of the molecule is CCNC(=NCc1cccc(OC)n1)NCC(=O)NC(C)(C)C.I. The highest BCUT2D eigenvalue weighted by atomic mass is 127. The average molecular weight is 449 g/mol. The zero-order valence-corrected chi connectivity index (χ0v) is 17.3. The van der Waals surface area contributed by atoms with Crippen LogP contribution in [0.3, 0.4) is 0 Å². The molecule has 24 heavy (non-hydrogen) atoms. The number of amides is 1. The van der Waals surface area contributed by atoms with Crippen molar-refractivity contribution in [2.75, 3.05) is 20.2 Å². The van der Waals surface area contributed by atoms with Gasteiger partial charge in [0.2, 0.25) is 11.8 Å². The highest BCUT2D eigenvalue weighted by molar-refractivity contribution is 14.0. The molecule has 0 aliphatic carbocycles.